The molecule has 1 fully saturated rings. The Morgan fingerprint density at radius 1 is 1.32 bits per heavy atom. The number of nitrogens with zero attached hydrogens (tertiary/aromatic N) is 1. The lowest BCUT2D eigenvalue weighted by molar-refractivity contribution is -0.0455. The van der Waals surface area contributed by atoms with Crippen molar-refractivity contribution >= 4 is 8.32 Å². The summed E-state index contributed by atoms with van der Waals surface area (Å²) in [6.45, 7) is 14.3. The van der Waals surface area contributed by atoms with E-state index in [0.717, 1.165) is 4.57 Å². The average molecular weight is 373 g/mol. The standard InChI is InChI=1S/C17H29FN2O4Si/c1-10(2)13-14(24-25(6,7)17(3,4)5)12(18)15(23-13)20-9-8-11(21)19-16(20)22/h8-10,12-15H,1-7H3,(H,19,21,22)/t12-,13?,14-,15-/m1/s1. The fourth-order valence-corrected chi connectivity index (χ4v) is 3.99. The number of hydrogen-bond acceptors (Lipinski definition) is 4. The van der Waals surface area contributed by atoms with Crippen LogP contribution in [-0.4, -0.2) is 36.2 Å². The molecule has 142 valence electrons. The third kappa shape index (κ3) is 3.96. The van der Waals surface area contributed by atoms with Crippen molar-refractivity contribution in [3.63, 3.8) is 0 Å². The van der Waals surface area contributed by atoms with E-state index in [1.165, 1.54) is 12.3 Å². The van der Waals surface area contributed by atoms with Gasteiger partial charge in [0.05, 0.1) is 6.10 Å². The van der Waals surface area contributed by atoms with Crippen LogP contribution >= 0.6 is 0 Å². The minimum atomic E-state index is -2.22. The van der Waals surface area contributed by atoms with Crippen molar-refractivity contribution in [3.05, 3.63) is 33.1 Å². The highest BCUT2D eigenvalue weighted by atomic mass is 28.4. The van der Waals surface area contributed by atoms with E-state index in [2.05, 4.69) is 38.8 Å². The van der Waals surface area contributed by atoms with Gasteiger partial charge in [-0.3, -0.25) is 14.3 Å². The number of nitrogens with one attached hydrogen (secondary N) is 1. The third-order valence-corrected chi connectivity index (χ3v) is 9.70. The van der Waals surface area contributed by atoms with Crippen LogP contribution in [0, 0.1) is 5.92 Å². The number of ether oxygens (including phenoxy) is 1. The predicted molar refractivity (Wildman–Crippen MR) is 97.0 cm³/mol. The molecule has 1 aliphatic rings. The molecule has 0 aromatic carbocycles. The van der Waals surface area contributed by atoms with Crippen molar-refractivity contribution in [1.82, 2.24) is 9.55 Å². The molecule has 4 atom stereocenters. The molecule has 1 saturated heterocycles. The number of aromatic amines is 1. The fourth-order valence-electron chi connectivity index (χ4n) is 2.69. The van der Waals surface area contributed by atoms with Crippen LogP contribution in [-0.2, 0) is 9.16 Å². The number of hydrogen-bond donors (Lipinski definition) is 1. The average Bonchev–Trinajstić information content (AvgIpc) is 2.75. The first-order valence-corrected chi connectivity index (χ1v) is 11.5. The minimum absolute atomic E-state index is 0.0245. The highest BCUT2D eigenvalue weighted by Gasteiger charge is 2.52. The topological polar surface area (TPSA) is 73.3 Å². The van der Waals surface area contributed by atoms with Gasteiger partial charge in [0.2, 0.25) is 0 Å². The van der Waals surface area contributed by atoms with Crippen molar-refractivity contribution in [3.8, 4) is 0 Å². The van der Waals surface area contributed by atoms with E-state index in [9.17, 15) is 9.59 Å². The Balaban J connectivity index is 2.37. The zero-order chi connectivity index (χ0) is 19.2. The van der Waals surface area contributed by atoms with Crippen LogP contribution in [0.2, 0.25) is 18.1 Å². The fraction of sp³-hybridized carbons (Fsp3) is 0.765. The molecule has 0 amide bonds. The van der Waals surface area contributed by atoms with Gasteiger partial charge in [-0.2, -0.15) is 0 Å². The van der Waals surface area contributed by atoms with Gasteiger partial charge in [0.25, 0.3) is 5.56 Å². The van der Waals surface area contributed by atoms with Gasteiger partial charge < -0.3 is 9.16 Å². The lowest BCUT2D eigenvalue weighted by Gasteiger charge is -2.40. The lowest BCUT2D eigenvalue weighted by atomic mass is 10.0. The summed E-state index contributed by atoms with van der Waals surface area (Å²) in [5, 5.41) is -0.0683. The van der Waals surface area contributed by atoms with E-state index in [1.807, 2.05) is 13.8 Å². The van der Waals surface area contributed by atoms with Crippen molar-refractivity contribution in [2.24, 2.45) is 5.92 Å². The molecule has 1 aliphatic heterocycles. The molecule has 0 saturated carbocycles. The van der Waals surface area contributed by atoms with E-state index < -0.39 is 44.2 Å². The molecule has 0 bridgehead atoms. The van der Waals surface area contributed by atoms with Gasteiger partial charge in [-0.05, 0) is 24.1 Å². The second-order valence-corrected chi connectivity index (χ2v) is 13.3. The summed E-state index contributed by atoms with van der Waals surface area (Å²) in [7, 11) is -2.22. The number of rotatable bonds is 4. The second kappa shape index (κ2) is 6.81. The van der Waals surface area contributed by atoms with Crippen molar-refractivity contribution < 1.29 is 13.6 Å². The molecule has 8 heteroatoms. The van der Waals surface area contributed by atoms with Crippen LogP contribution in [0.3, 0.4) is 0 Å². The highest BCUT2D eigenvalue weighted by Crippen LogP contribution is 2.43. The summed E-state index contributed by atoms with van der Waals surface area (Å²) in [5.41, 5.74) is -1.21. The molecule has 6 nitrogen and oxygen atoms in total. The molecule has 0 spiro atoms. The Kier molecular flexibility index (Phi) is 5.46. The Labute approximate surface area is 148 Å². The Morgan fingerprint density at radius 2 is 1.92 bits per heavy atom. The van der Waals surface area contributed by atoms with Gasteiger partial charge in [0.1, 0.15) is 6.10 Å². The largest absolute Gasteiger partial charge is 0.408 e. The molecule has 1 aromatic heterocycles. The van der Waals surface area contributed by atoms with E-state index in [4.69, 9.17) is 9.16 Å². The molecule has 25 heavy (non-hydrogen) atoms. The summed E-state index contributed by atoms with van der Waals surface area (Å²) >= 11 is 0. The zero-order valence-corrected chi connectivity index (χ0v) is 17.0. The van der Waals surface area contributed by atoms with Gasteiger partial charge in [0, 0.05) is 12.3 Å². The summed E-state index contributed by atoms with van der Waals surface area (Å²) in [6, 6.07) is 1.18. The van der Waals surface area contributed by atoms with E-state index in [1.54, 1.807) is 0 Å². The summed E-state index contributed by atoms with van der Waals surface area (Å²) in [4.78, 5) is 25.4. The van der Waals surface area contributed by atoms with Crippen LogP contribution in [0.5, 0.6) is 0 Å². The van der Waals surface area contributed by atoms with E-state index >= 15 is 4.39 Å². The monoisotopic (exact) mass is 372 g/mol. The molecule has 0 radical (unpaired) electrons. The SMILES string of the molecule is CC(C)C1O[C@@H](n2ccc(=O)[nH]c2=O)[C@H](F)[C@H]1O[Si](C)(C)C(C)(C)C. The maximum Gasteiger partial charge on any atom is 0.330 e. The lowest BCUT2D eigenvalue weighted by Crippen LogP contribution is -2.49. The number of aromatic nitrogens is 2. The number of halogens is 1. The molecular weight excluding hydrogens is 343 g/mol. The molecule has 1 aromatic rings. The Hall–Kier alpha value is -1.25. The van der Waals surface area contributed by atoms with Crippen molar-refractivity contribution in [1.29, 1.82) is 0 Å². The normalized spacial score (nSPS) is 27.9. The van der Waals surface area contributed by atoms with Gasteiger partial charge in [-0.25, -0.2) is 9.18 Å². The molecule has 0 aliphatic carbocycles. The maximum atomic E-state index is 15.3. The zero-order valence-electron chi connectivity index (χ0n) is 16.0. The number of H-pyrrole nitrogens is 1. The predicted octanol–water partition coefficient (Wildman–Crippen LogP) is 2.82. The van der Waals surface area contributed by atoms with Crippen LogP contribution in [0.1, 0.15) is 40.8 Å². The van der Waals surface area contributed by atoms with Crippen LogP contribution in [0.4, 0.5) is 4.39 Å². The Morgan fingerprint density at radius 3 is 2.40 bits per heavy atom. The molecule has 1 unspecified atom stereocenters. The second-order valence-electron chi connectivity index (χ2n) is 8.54. The van der Waals surface area contributed by atoms with E-state index in [0.29, 0.717) is 0 Å². The quantitative estimate of drug-likeness (QED) is 0.825. The first kappa shape index (κ1) is 20.1. The van der Waals surface area contributed by atoms with Gasteiger partial charge in [-0.15, -0.1) is 0 Å². The Bertz CT molecular complexity index is 722. The third-order valence-electron chi connectivity index (χ3n) is 5.23. The van der Waals surface area contributed by atoms with Gasteiger partial charge in [-0.1, -0.05) is 34.6 Å². The molecular formula is C17H29FN2O4Si. The highest BCUT2D eigenvalue weighted by molar-refractivity contribution is 6.74. The molecule has 2 heterocycles. The summed E-state index contributed by atoms with van der Waals surface area (Å²) in [5.74, 6) is 0.0245. The van der Waals surface area contributed by atoms with Crippen LogP contribution in [0.25, 0.3) is 0 Å². The summed E-state index contributed by atoms with van der Waals surface area (Å²) in [6.07, 6.45) is -2.54. The smallest absolute Gasteiger partial charge is 0.330 e. The first-order valence-electron chi connectivity index (χ1n) is 8.64. The van der Waals surface area contributed by atoms with Gasteiger partial charge in [0.15, 0.2) is 20.7 Å². The number of alkyl halides is 1. The van der Waals surface area contributed by atoms with Gasteiger partial charge >= 0.3 is 5.69 Å². The van der Waals surface area contributed by atoms with Crippen molar-refractivity contribution in [2.45, 2.75) is 77.4 Å². The van der Waals surface area contributed by atoms with Crippen molar-refractivity contribution in [2.75, 3.05) is 0 Å². The maximum absolute atomic E-state index is 15.3. The molecule has 2 rings (SSSR count). The van der Waals surface area contributed by atoms with Crippen LogP contribution in [0.15, 0.2) is 21.9 Å². The first-order chi connectivity index (χ1) is 11.3. The summed E-state index contributed by atoms with van der Waals surface area (Å²) < 4.78 is 28.6. The molecule has 1 N–H and O–H groups in total. The van der Waals surface area contributed by atoms with Crippen LogP contribution < -0.4 is 11.2 Å². The minimum Gasteiger partial charge on any atom is -0.408 e. The van der Waals surface area contributed by atoms with E-state index in [-0.39, 0.29) is 11.0 Å².